The number of carbonyl (C=O) groups excluding carboxylic acids is 3. The number of carbonyl (C=O) groups is 3. The van der Waals surface area contributed by atoms with E-state index < -0.39 is 11.6 Å². The maximum absolute atomic E-state index is 13.2. The van der Waals surface area contributed by atoms with Crippen molar-refractivity contribution in [1.29, 1.82) is 0 Å². The average Bonchev–Trinajstić information content (AvgIpc) is 3.51. The minimum Gasteiger partial charge on any atom is -0.490 e. The molecule has 5 rings (SSSR count). The minimum atomic E-state index is -0.823. The van der Waals surface area contributed by atoms with Crippen LogP contribution >= 0.6 is 0 Å². The Bertz CT molecular complexity index is 914. The van der Waals surface area contributed by atoms with Gasteiger partial charge in [0.1, 0.15) is 12.1 Å². The van der Waals surface area contributed by atoms with Crippen molar-refractivity contribution in [3.05, 3.63) is 23.8 Å². The number of ether oxygens (including phenoxy) is 2. The van der Waals surface area contributed by atoms with E-state index in [2.05, 4.69) is 5.32 Å². The first-order valence-electron chi connectivity index (χ1n) is 11.4. The number of benzene rings is 1. The first-order valence-corrected chi connectivity index (χ1v) is 11.4. The number of nitrogens with zero attached hydrogens (tertiary/aromatic N) is 2. The smallest absolute Gasteiger partial charge is 0.325 e. The summed E-state index contributed by atoms with van der Waals surface area (Å²) in [5.74, 6) is 1.19. The zero-order valence-electron chi connectivity index (χ0n) is 17.9. The summed E-state index contributed by atoms with van der Waals surface area (Å²) < 4.78 is 11.5. The van der Waals surface area contributed by atoms with Crippen LogP contribution in [0.4, 0.5) is 4.79 Å². The van der Waals surface area contributed by atoms with E-state index in [1.165, 1.54) is 0 Å². The molecule has 2 atom stereocenters. The fourth-order valence-corrected chi connectivity index (χ4v) is 5.19. The van der Waals surface area contributed by atoms with Crippen molar-refractivity contribution < 1.29 is 23.9 Å². The second-order valence-electron chi connectivity index (χ2n) is 8.92. The number of nitrogens with one attached hydrogen (secondary N) is 1. The van der Waals surface area contributed by atoms with E-state index in [0.717, 1.165) is 48.3 Å². The largest absolute Gasteiger partial charge is 0.490 e. The van der Waals surface area contributed by atoms with Gasteiger partial charge in [-0.1, -0.05) is 13.0 Å². The summed E-state index contributed by atoms with van der Waals surface area (Å²) in [6.07, 6.45) is 5.00. The van der Waals surface area contributed by atoms with Crippen molar-refractivity contribution in [2.45, 2.75) is 57.0 Å². The van der Waals surface area contributed by atoms with Gasteiger partial charge in [-0.2, -0.15) is 0 Å². The SMILES string of the molecule is CC[C@@]1(C2CC2)NC(=O)N(CC(=O)N2CCC[C@@H]2c2ccc3c(c2)OCCCO3)C1=O. The molecule has 4 amide bonds. The monoisotopic (exact) mass is 427 g/mol. The van der Waals surface area contributed by atoms with Crippen LogP contribution in [0.3, 0.4) is 0 Å². The van der Waals surface area contributed by atoms with Gasteiger partial charge in [-0.15, -0.1) is 0 Å². The number of rotatable bonds is 5. The molecule has 1 aromatic carbocycles. The van der Waals surface area contributed by atoms with E-state index in [-0.39, 0.29) is 30.3 Å². The number of amides is 4. The molecule has 1 aromatic rings. The van der Waals surface area contributed by atoms with Crippen LogP contribution in [0.25, 0.3) is 0 Å². The molecule has 4 aliphatic rings. The van der Waals surface area contributed by atoms with E-state index in [1.54, 1.807) is 4.90 Å². The second kappa shape index (κ2) is 7.73. The van der Waals surface area contributed by atoms with Crippen molar-refractivity contribution in [2.75, 3.05) is 26.3 Å². The highest BCUT2D eigenvalue weighted by Crippen LogP contribution is 2.45. The molecule has 2 saturated heterocycles. The Labute approximate surface area is 181 Å². The normalized spacial score (nSPS) is 28.0. The predicted octanol–water partition coefficient (Wildman–Crippen LogP) is 2.62. The van der Waals surface area contributed by atoms with Gasteiger partial charge in [0.05, 0.1) is 19.3 Å². The highest BCUT2D eigenvalue weighted by atomic mass is 16.5. The van der Waals surface area contributed by atoms with Gasteiger partial charge in [0.15, 0.2) is 11.5 Å². The lowest BCUT2D eigenvalue weighted by molar-refractivity contribution is -0.140. The van der Waals surface area contributed by atoms with Crippen LogP contribution in [0.1, 0.15) is 57.1 Å². The molecule has 3 aliphatic heterocycles. The third-order valence-electron chi connectivity index (χ3n) is 7.06. The van der Waals surface area contributed by atoms with Gasteiger partial charge in [0.25, 0.3) is 5.91 Å². The van der Waals surface area contributed by atoms with Gasteiger partial charge >= 0.3 is 6.03 Å². The van der Waals surface area contributed by atoms with Crippen molar-refractivity contribution in [1.82, 2.24) is 15.1 Å². The third-order valence-corrected chi connectivity index (χ3v) is 7.06. The molecule has 8 nitrogen and oxygen atoms in total. The van der Waals surface area contributed by atoms with Crippen molar-refractivity contribution in [2.24, 2.45) is 5.92 Å². The molecule has 0 aromatic heterocycles. The number of hydrogen-bond acceptors (Lipinski definition) is 5. The first kappa shape index (κ1) is 20.2. The van der Waals surface area contributed by atoms with Crippen molar-refractivity contribution in [3.8, 4) is 11.5 Å². The van der Waals surface area contributed by atoms with Gasteiger partial charge in [0.2, 0.25) is 5.91 Å². The molecule has 0 unspecified atom stereocenters. The lowest BCUT2D eigenvalue weighted by atomic mass is 9.90. The van der Waals surface area contributed by atoms with Crippen molar-refractivity contribution in [3.63, 3.8) is 0 Å². The molecule has 0 radical (unpaired) electrons. The molecular weight excluding hydrogens is 398 g/mol. The maximum atomic E-state index is 13.2. The van der Waals surface area contributed by atoms with Gasteiger partial charge in [-0.05, 0) is 55.7 Å². The molecule has 1 N–H and O–H groups in total. The summed E-state index contributed by atoms with van der Waals surface area (Å²) in [6.45, 7) is 3.56. The molecule has 1 aliphatic carbocycles. The van der Waals surface area contributed by atoms with Crippen LogP contribution in [0.15, 0.2) is 18.2 Å². The number of fused-ring (bicyclic) bond motifs is 1. The molecule has 3 heterocycles. The second-order valence-corrected chi connectivity index (χ2v) is 8.92. The quantitative estimate of drug-likeness (QED) is 0.730. The molecule has 31 heavy (non-hydrogen) atoms. The Morgan fingerprint density at radius 1 is 1.13 bits per heavy atom. The minimum absolute atomic E-state index is 0.0928. The summed E-state index contributed by atoms with van der Waals surface area (Å²) in [5, 5.41) is 2.89. The Balaban J connectivity index is 1.32. The first-order chi connectivity index (χ1) is 15.0. The lowest BCUT2D eigenvalue weighted by Crippen LogP contribution is -2.49. The third kappa shape index (κ3) is 3.42. The summed E-state index contributed by atoms with van der Waals surface area (Å²) >= 11 is 0. The maximum Gasteiger partial charge on any atom is 0.325 e. The van der Waals surface area contributed by atoms with Gasteiger partial charge in [-0.25, -0.2) is 4.79 Å². The van der Waals surface area contributed by atoms with Crippen LogP contribution < -0.4 is 14.8 Å². The Morgan fingerprint density at radius 2 is 1.90 bits per heavy atom. The summed E-state index contributed by atoms with van der Waals surface area (Å²) in [4.78, 5) is 41.8. The Morgan fingerprint density at radius 3 is 2.65 bits per heavy atom. The van der Waals surface area contributed by atoms with Gasteiger partial charge in [-0.3, -0.25) is 14.5 Å². The zero-order valence-corrected chi connectivity index (χ0v) is 17.9. The Hall–Kier alpha value is -2.77. The highest BCUT2D eigenvalue weighted by molar-refractivity contribution is 6.09. The summed E-state index contributed by atoms with van der Waals surface area (Å²) in [6, 6.07) is 5.30. The lowest BCUT2D eigenvalue weighted by Gasteiger charge is -2.28. The van der Waals surface area contributed by atoms with E-state index in [0.29, 0.717) is 31.9 Å². The number of likely N-dealkylation sites (tertiary alicyclic amines) is 1. The zero-order chi connectivity index (χ0) is 21.6. The molecule has 3 fully saturated rings. The predicted molar refractivity (Wildman–Crippen MR) is 112 cm³/mol. The van der Waals surface area contributed by atoms with Gasteiger partial charge in [0, 0.05) is 13.0 Å². The Kier molecular flexibility index (Phi) is 5.02. The summed E-state index contributed by atoms with van der Waals surface area (Å²) in [5.41, 5.74) is 0.170. The van der Waals surface area contributed by atoms with E-state index in [4.69, 9.17) is 9.47 Å². The number of hydrogen-bond donors (Lipinski definition) is 1. The molecule has 1 saturated carbocycles. The number of imide groups is 1. The van der Waals surface area contributed by atoms with E-state index in [1.807, 2.05) is 25.1 Å². The van der Waals surface area contributed by atoms with Crippen molar-refractivity contribution >= 4 is 17.8 Å². The molecule has 8 heteroatoms. The van der Waals surface area contributed by atoms with E-state index in [9.17, 15) is 14.4 Å². The molecule has 0 spiro atoms. The highest BCUT2D eigenvalue weighted by Gasteiger charge is 2.58. The standard InChI is InChI=1S/C23H29N3O5/c1-2-23(16-7-8-16)21(28)26(22(29)24-23)14-20(27)25-10-3-5-17(25)15-6-9-18-19(13-15)31-12-4-11-30-18/h6,9,13,16-17H,2-5,7-8,10-12,14H2,1H3,(H,24,29)/t17-,23+/m1/s1. The van der Waals surface area contributed by atoms with Crippen LogP contribution in [0.5, 0.6) is 11.5 Å². The van der Waals surface area contributed by atoms with E-state index >= 15 is 0 Å². The number of urea groups is 1. The van der Waals surface area contributed by atoms with Crippen LogP contribution in [-0.4, -0.2) is 59.5 Å². The van der Waals surface area contributed by atoms with Crippen LogP contribution in [-0.2, 0) is 9.59 Å². The fraction of sp³-hybridized carbons (Fsp3) is 0.609. The molecular formula is C23H29N3O5. The molecule has 166 valence electrons. The average molecular weight is 428 g/mol. The van der Waals surface area contributed by atoms with Crippen LogP contribution in [0, 0.1) is 5.92 Å². The topological polar surface area (TPSA) is 88.2 Å². The van der Waals surface area contributed by atoms with Crippen LogP contribution in [0.2, 0.25) is 0 Å². The van der Waals surface area contributed by atoms with Gasteiger partial charge < -0.3 is 19.7 Å². The fourth-order valence-electron chi connectivity index (χ4n) is 5.19. The summed E-state index contributed by atoms with van der Waals surface area (Å²) in [7, 11) is 0. The molecule has 0 bridgehead atoms.